The fraction of sp³-hybridized carbons (Fsp3) is 0.214. The summed E-state index contributed by atoms with van der Waals surface area (Å²) >= 11 is 1.48. The Morgan fingerprint density at radius 2 is 2.15 bits per heavy atom. The van der Waals surface area contributed by atoms with Crippen LogP contribution in [0.3, 0.4) is 0 Å². The van der Waals surface area contributed by atoms with Crippen LogP contribution in [0.1, 0.15) is 21.6 Å². The van der Waals surface area contributed by atoms with Gasteiger partial charge in [0.2, 0.25) is 0 Å². The lowest BCUT2D eigenvalue weighted by molar-refractivity contribution is 0.102. The molecule has 0 spiro atoms. The first-order chi connectivity index (χ1) is 9.52. The van der Waals surface area contributed by atoms with Crippen LogP contribution in [0.25, 0.3) is 10.2 Å². The van der Waals surface area contributed by atoms with Gasteiger partial charge in [-0.05, 0) is 31.5 Å². The van der Waals surface area contributed by atoms with Gasteiger partial charge in [0.05, 0.1) is 21.5 Å². The summed E-state index contributed by atoms with van der Waals surface area (Å²) in [6.45, 7) is 3.85. The van der Waals surface area contributed by atoms with Crippen molar-refractivity contribution < 1.29 is 4.79 Å². The summed E-state index contributed by atoms with van der Waals surface area (Å²) in [6, 6.07) is 6.04. The molecule has 2 aromatic heterocycles. The first-order valence-electron chi connectivity index (χ1n) is 6.22. The number of fused-ring (bicyclic) bond motifs is 1. The van der Waals surface area contributed by atoms with E-state index in [-0.39, 0.29) is 5.91 Å². The summed E-state index contributed by atoms with van der Waals surface area (Å²) in [6.07, 6.45) is 1.71. The molecule has 3 aromatic rings. The van der Waals surface area contributed by atoms with Crippen LogP contribution in [0, 0.1) is 13.8 Å². The predicted molar refractivity (Wildman–Crippen MR) is 80.3 cm³/mol. The largest absolute Gasteiger partial charge is 0.298 e. The smallest absolute Gasteiger partial charge is 0.260 e. The Morgan fingerprint density at radius 1 is 1.35 bits per heavy atom. The number of amides is 1. The maximum atomic E-state index is 12.2. The van der Waals surface area contributed by atoms with Gasteiger partial charge in [-0.2, -0.15) is 5.10 Å². The van der Waals surface area contributed by atoms with Crippen molar-refractivity contribution in [3.8, 4) is 0 Å². The average Bonchev–Trinajstić information content (AvgIpc) is 2.91. The van der Waals surface area contributed by atoms with Gasteiger partial charge >= 0.3 is 0 Å². The first-order valence-corrected chi connectivity index (χ1v) is 7.03. The lowest BCUT2D eigenvalue weighted by Crippen LogP contribution is -2.12. The van der Waals surface area contributed by atoms with Gasteiger partial charge < -0.3 is 0 Å². The van der Waals surface area contributed by atoms with E-state index in [1.807, 2.05) is 26.0 Å². The molecular weight excluding hydrogens is 272 g/mol. The number of rotatable bonds is 2. The molecule has 1 aromatic carbocycles. The van der Waals surface area contributed by atoms with E-state index in [0.29, 0.717) is 16.4 Å². The number of nitrogens with zero attached hydrogens (tertiary/aromatic N) is 3. The van der Waals surface area contributed by atoms with E-state index in [1.54, 1.807) is 17.9 Å². The highest BCUT2D eigenvalue weighted by Crippen LogP contribution is 2.27. The number of carbonyl (C=O) groups excluding carboxylic acids is 1. The van der Waals surface area contributed by atoms with Crippen molar-refractivity contribution in [3.63, 3.8) is 0 Å². The normalized spacial score (nSPS) is 10.9. The highest BCUT2D eigenvalue weighted by molar-refractivity contribution is 7.22. The van der Waals surface area contributed by atoms with E-state index in [0.717, 1.165) is 10.2 Å². The number of anilines is 1. The average molecular weight is 286 g/mol. The van der Waals surface area contributed by atoms with Gasteiger partial charge in [0.15, 0.2) is 5.13 Å². The molecule has 6 heteroatoms. The Labute approximate surface area is 120 Å². The van der Waals surface area contributed by atoms with Crippen molar-refractivity contribution in [2.75, 3.05) is 5.32 Å². The molecule has 0 saturated heterocycles. The number of aryl methyl sites for hydroxylation is 3. The second-order valence-corrected chi connectivity index (χ2v) is 5.78. The molecule has 2 heterocycles. The van der Waals surface area contributed by atoms with Crippen LogP contribution in [0.15, 0.2) is 24.4 Å². The second kappa shape index (κ2) is 4.72. The zero-order chi connectivity index (χ0) is 14.3. The summed E-state index contributed by atoms with van der Waals surface area (Å²) < 4.78 is 2.70. The molecule has 0 saturated carbocycles. The molecule has 0 radical (unpaired) electrons. The summed E-state index contributed by atoms with van der Waals surface area (Å²) in [5.41, 5.74) is 3.37. The van der Waals surface area contributed by atoms with E-state index < -0.39 is 0 Å². The number of hydrogen-bond acceptors (Lipinski definition) is 4. The fourth-order valence-electron chi connectivity index (χ4n) is 2.07. The van der Waals surface area contributed by atoms with E-state index in [4.69, 9.17) is 0 Å². The molecule has 1 N–H and O–H groups in total. The molecule has 0 aliphatic rings. The highest BCUT2D eigenvalue weighted by Gasteiger charge is 2.14. The van der Waals surface area contributed by atoms with Gasteiger partial charge in [0, 0.05) is 13.2 Å². The lowest BCUT2D eigenvalue weighted by Gasteiger charge is -1.98. The van der Waals surface area contributed by atoms with Crippen LogP contribution >= 0.6 is 11.3 Å². The van der Waals surface area contributed by atoms with E-state index in [2.05, 4.69) is 21.5 Å². The number of aromatic nitrogens is 3. The van der Waals surface area contributed by atoms with Crippen LogP contribution in [0.2, 0.25) is 0 Å². The van der Waals surface area contributed by atoms with Gasteiger partial charge in [0.1, 0.15) is 0 Å². The van der Waals surface area contributed by atoms with Crippen LogP contribution in [0.5, 0.6) is 0 Å². The van der Waals surface area contributed by atoms with Crippen molar-refractivity contribution in [2.45, 2.75) is 13.8 Å². The van der Waals surface area contributed by atoms with Gasteiger partial charge in [-0.3, -0.25) is 14.8 Å². The monoisotopic (exact) mass is 286 g/mol. The van der Waals surface area contributed by atoms with Crippen molar-refractivity contribution in [2.24, 2.45) is 7.05 Å². The minimum Gasteiger partial charge on any atom is -0.298 e. The zero-order valence-corrected chi connectivity index (χ0v) is 12.3. The molecule has 0 fully saturated rings. The number of nitrogens with one attached hydrogen (secondary N) is 1. The summed E-state index contributed by atoms with van der Waals surface area (Å²) in [7, 11) is 1.80. The Bertz CT molecular complexity index is 803. The minimum atomic E-state index is -0.175. The second-order valence-electron chi connectivity index (χ2n) is 4.75. The maximum absolute atomic E-state index is 12.2. The van der Waals surface area contributed by atoms with Crippen molar-refractivity contribution in [1.29, 1.82) is 0 Å². The molecule has 3 rings (SSSR count). The van der Waals surface area contributed by atoms with Gasteiger partial charge in [-0.15, -0.1) is 0 Å². The first kappa shape index (κ1) is 12.8. The lowest BCUT2D eigenvalue weighted by atomic mass is 10.2. The molecule has 102 valence electrons. The Hall–Kier alpha value is -2.21. The molecule has 1 amide bonds. The minimum absolute atomic E-state index is 0.175. The molecule has 5 nitrogen and oxygen atoms in total. The van der Waals surface area contributed by atoms with Crippen LogP contribution < -0.4 is 5.32 Å². The third-order valence-electron chi connectivity index (χ3n) is 3.02. The van der Waals surface area contributed by atoms with Crippen LogP contribution in [-0.4, -0.2) is 20.7 Å². The number of hydrogen-bond donors (Lipinski definition) is 1. The highest BCUT2D eigenvalue weighted by atomic mass is 32.1. The van der Waals surface area contributed by atoms with Crippen LogP contribution in [-0.2, 0) is 7.05 Å². The van der Waals surface area contributed by atoms with Crippen molar-refractivity contribution >= 4 is 32.6 Å². The fourth-order valence-corrected chi connectivity index (χ4v) is 3.03. The molecule has 0 unspecified atom stereocenters. The predicted octanol–water partition coefficient (Wildman–Crippen LogP) is 2.90. The number of benzene rings is 1. The molecular formula is C14H14N4OS. The Kier molecular flexibility index (Phi) is 3.02. The third-order valence-corrected chi connectivity index (χ3v) is 3.96. The molecule has 0 bridgehead atoms. The van der Waals surface area contributed by atoms with E-state index in [9.17, 15) is 4.79 Å². The van der Waals surface area contributed by atoms with Gasteiger partial charge in [-0.1, -0.05) is 17.4 Å². The topological polar surface area (TPSA) is 59.8 Å². The van der Waals surface area contributed by atoms with Gasteiger partial charge in [0.25, 0.3) is 5.91 Å². The molecule has 0 atom stereocenters. The summed E-state index contributed by atoms with van der Waals surface area (Å²) in [5.74, 6) is -0.175. The quantitative estimate of drug-likeness (QED) is 0.788. The van der Waals surface area contributed by atoms with Gasteiger partial charge in [-0.25, -0.2) is 4.98 Å². The molecule has 0 aliphatic heterocycles. The standard InChI is InChI=1S/C14H14N4OS/c1-8-4-5-11-12(6-8)20-14(15-11)16-13(19)10-7-18(3)17-9(10)2/h4-7H,1-3H3,(H,15,16,19). The number of thiazole rings is 1. The summed E-state index contributed by atoms with van der Waals surface area (Å²) in [5, 5.41) is 7.61. The number of carbonyl (C=O) groups is 1. The third kappa shape index (κ3) is 2.30. The summed E-state index contributed by atoms with van der Waals surface area (Å²) in [4.78, 5) is 16.6. The zero-order valence-electron chi connectivity index (χ0n) is 11.5. The van der Waals surface area contributed by atoms with Crippen molar-refractivity contribution in [3.05, 3.63) is 41.2 Å². The van der Waals surface area contributed by atoms with E-state index in [1.165, 1.54) is 16.9 Å². The Balaban J connectivity index is 1.89. The van der Waals surface area contributed by atoms with E-state index >= 15 is 0 Å². The van der Waals surface area contributed by atoms with Crippen LogP contribution in [0.4, 0.5) is 5.13 Å². The maximum Gasteiger partial charge on any atom is 0.260 e. The molecule has 20 heavy (non-hydrogen) atoms. The molecule has 0 aliphatic carbocycles. The Morgan fingerprint density at radius 3 is 2.85 bits per heavy atom. The SMILES string of the molecule is Cc1ccc2nc(NC(=O)c3cn(C)nc3C)sc2c1. The van der Waals surface area contributed by atoms with Crippen molar-refractivity contribution in [1.82, 2.24) is 14.8 Å².